The van der Waals surface area contributed by atoms with Crippen LogP contribution in [0, 0.1) is 5.82 Å². The number of alkyl halides is 1. The Morgan fingerprint density at radius 2 is 2.14 bits per heavy atom. The van der Waals surface area contributed by atoms with Gasteiger partial charge in [0.15, 0.2) is 0 Å². The van der Waals surface area contributed by atoms with Crippen molar-refractivity contribution >= 4 is 27.5 Å². The van der Waals surface area contributed by atoms with Gasteiger partial charge in [0, 0.05) is 15.8 Å². The molecule has 1 fully saturated rings. The first-order valence-electron chi connectivity index (χ1n) is 4.77. The molecule has 0 aliphatic heterocycles. The largest absolute Gasteiger partial charge is 0.207 e. The van der Waals surface area contributed by atoms with Gasteiger partial charge in [0.25, 0.3) is 0 Å². The van der Waals surface area contributed by atoms with Crippen molar-refractivity contribution in [2.24, 2.45) is 0 Å². The summed E-state index contributed by atoms with van der Waals surface area (Å²) in [6, 6.07) is 5.07. The maximum atomic E-state index is 13.5. The molecular formula is C11H11BrClF. The molecule has 0 spiro atoms. The molecule has 2 rings (SSSR count). The zero-order chi connectivity index (χ0) is 10.1. The summed E-state index contributed by atoms with van der Waals surface area (Å²) < 4.78 is 14.4. The zero-order valence-corrected chi connectivity index (χ0v) is 9.98. The van der Waals surface area contributed by atoms with E-state index in [1.807, 2.05) is 6.07 Å². The fourth-order valence-electron chi connectivity index (χ4n) is 2.06. The first kappa shape index (κ1) is 10.4. The molecule has 1 saturated carbocycles. The Morgan fingerprint density at radius 1 is 1.36 bits per heavy atom. The Hall–Kier alpha value is -0.0800. The van der Waals surface area contributed by atoms with Crippen molar-refractivity contribution in [3.8, 4) is 0 Å². The van der Waals surface area contributed by atoms with Gasteiger partial charge in [-0.05, 0) is 36.6 Å². The fraction of sp³-hybridized carbons (Fsp3) is 0.455. The second-order valence-electron chi connectivity index (χ2n) is 3.72. The van der Waals surface area contributed by atoms with Gasteiger partial charge in [-0.25, -0.2) is 4.39 Å². The highest BCUT2D eigenvalue weighted by atomic mass is 79.9. The molecule has 0 amide bonds. The van der Waals surface area contributed by atoms with E-state index >= 15 is 0 Å². The molecule has 0 heterocycles. The van der Waals surface area contributed by atoms with E-state index < -0.39 is 0 Å². The predicted molar refractivity (Wildman–Crippen MR) is 60.3 cm³/mol. The minimum absolute atomic E-state index is 0.0961. The number of rotatable bonds is 1. The summed E-state index contributed by atoms with van der Waals surface area (Å²) in [5.74, 6) is 0.0555. The zero-order valence-electron chi connectivity index (χ0n) is 7.64. The molecule has 1 aromatic rings. The lowest BCUT2D eigenvalue weighted by atomic mass is 9.97. The molecule has 2 unspecified atom stereocenters. The lowest BCUT2D eigenvalue weighted by molar-refractivity contribution is 0.581. The van der Waals surface area contributed by atoms with Crippen LogP contribution in [-0.2, 0) is 0 Å². The molecular weight excluding hydrogens is 266 g/mol. The number of hydrogen-bond donors (Lipinski definition) is 0. The van der Waals surface area contributed by atoms with Crippen molar-refractivity contribution in [3.05, 3.63) is 34.1 Å². The van der Waals surface area contributed by atoms with E-state index in [-0.39, 0.29) is 17.1 Å². The smallest absolute Gasteiger partial charge is 0.126 e. The van der Waals surface area contributed by atoms with E-state index in [0.29, 0.717) is 0 Å². The van der Waals surface area contributed by atoms with E-state index in [2.05, 4.69) is 15.9 Å². The van der Waals surface area contributed by atoms with Gasteiger partial charge in [0.05, 0.1) is 0 Å². The summed E-state index contributed by atoms with van der Waals surface area (Å²) >= 11 is 9.51. The highest BCUT2D eigenvalue weighted by molar-refractivity contribution is 9.10. The maximum absolute atomic E-state index is 13.5. The van der Waals surface area contributed by atoms with Crippen molar-refractivity contribution in [3.63, 3.8) is 0 Å². The van der Waals surface area contributed by atoms with E-state index in [9.17, 15) is 4.39 Å². The molecule has 1 aromatic carbocycles. The normalized spacial score (nSPS) is 26.8. The Bertz CT molecular complexity index is 340. The quantitative estimate of drug-likeness (QED) is 0.665. The lowest BCUT2D eigenvalue weighted by Crippen LogP contribution is -2.07. The summed E-state index contributed by atoms with van der Waals surface area (Å²) in [6.07, 6.45) is 3.10. The second kappa shape index (κ2) is 4.19. The van der Waals surface area contributed by atoms with Crippen LogP contribution < -0.4 is 0 Å². The molecule has 3 heteroatoms. The molecule has 14 heavy (non-hydrogen) atoms. The molecule has 1 aliphatic rings. The molecule has 2 atom stereocenters. The molecule has 0 bridgehead atoms. The van der Waals surface area contributed by atoms with Gasteiger partial charge in [0.2, 0.25) is 0 Å². The second-order valence-corrected chi connectivity index (χ2v) is 5.20. The minimum Gasteiger partial charge on any atom is -0.207 e. The Labute approximate surface area is 96.6 Å². The molecule has 0 saturated heterocycles. The van der Waals surface area contributed by atoms with Crippen LogP contribution in [0.1, 0.15) is 30.7 Å². The van der Waals surface area contributed by atoms with Crippen LogP contribution >= 0.6 is 27.5 Å². The third-order valence-electron chi connectivity index (χ3n) is 2.79. The SMILES string of the molecule is Fc1ccc(Br)cc1C1CCCC1Cl. The third-order valence-corrected chi connectivity index (χ3v) is 3.80. The van der Waals surface area contributed by atoms with Crippen LogP contribution in [0.2, 0.25) is 0 Å². The molecule has 1 aliphatic carbocycles. The third kappa shape index (κ3) is 1.96. The van der Waals surface area contributed by atoms with Gasteiger partial charge >= 0.3 is 0 Å². The molecule has 0 N–H and O–H groups in total. The first-order valence-corrected chi connectivity index (χ1v) is 6.00. The van der Waals surface area contributed by atoms with Crippen LogP contribution in [0.5, 0.6) is 0 Å². The molecule has 76 valence electrons. The summed E-state index contributed by atoms with van der Waals surface area (Å²) in [6.45, 7) is 0. The number of hydrogen-bond acceptors (Lipinski definition) is 0. The summed E-state index contributed by atoms with van der Waals surface area (Å²) in [7, 11) is 0. The van der Waals surface area contributed by atoms with Crippen molar-refractivity contribution in [2.45, 2.75) is 30.6 Å². The van der Waals surface area contributed by atoms with E-state index in [0.717, 1.165) is 29.3 Å². The maximum Gasteiger partial charge on any atom is 0.126 e. The Balaban J connectivity index is 2.34. The van der Waals surface area contributed by atoms with Gasteiger partial charge in [-0.2, -0.15) is 0 Å². The van der Waals surface area contributed by atoms with Crippen LogP contribution in [0.25, 0.3) is 0 Å². The Morgan fingerprint density at radius 3 is 2.79 bits per heavy atom. The van der Waals surface area contributed by atoms with Gasteiger partial charge in [-0.1, -0.05) is 22.4 Å². The predicted octanol–water partition coefficient (Wildman–Crippen LogP) is 4.46. The highest BCUT2D eigenvalue weighted by Gasteiger charge is 2.28. The monoisotopic (exact) mass is 276 g/mol. The van der Waals surface area contributed by atoms with E-state index in [1.54, 1.807) is 6.07 Å². The van der Waals surface area contributed by atoms with Crippen molar-refractivity contribution in [1.29, 1.82) is 0 Å². The van der Waals surface area contributed by atoms with Crippen molar-refractivity contribution in [1.82, 2.24) is 0 Å². The van der Waals surface area contributed by atoms with Crippen LogP contribution in [0.4, 0.5) is 4.39 Å². The minimum atomic E-state index is -0.134. The van der Waals surface area contributed by atoms with Crippen molar-refractivity contribution in [2.75, 3.05) is 0 Å². The number of halogens is 3. The number of benzene rings is 1. The summed E-state index contributed by atoms with van der Waals surface area (Å²) in [4.78, 5) is 0. The average molecular weight is 278 g/mol. The van der Waals surface area contributed by atoms with Gasteiger partial charge in [-0.15, -0.1) is 11.6 Å². The topological polar surface area (TPSA) is 0 Å². The molecule has 0 nitrogen and oxygen atoms in total. The van der Waals surface area contributed by atoms with Gasteiger partial charge in [-0.3, -0.25) is 0 Å². The summed E-state index contributed by atoms with van der Waals surface area (Å²) in [5.41, 5.74) is 0.761. The van der Waals surface area contributed by atoms with Crippen LogP contribution in [0.3, 0.4) is 0 Å². The van der Waals surface area contributed by atoms with Crippen LogP contribution in [0.15, 0.2) is 22.7 Å². The van der Waals surface area contributed by atoms with E-state index in [1.165, 1.54) is 6.07 Å². The fourth-order valence-corrected chi connectivity index (χ4v) is 2.86. The molecule has 0 radical (unpaired) electrons. The van der Waals surface area contributed by atoms with Gasteiger partial charge in [0.1, 0.15) is 5.82 Å². The standard InChI is InChI=1S/C11H11BrClF/c12-7-4-5-11(14)9(6-7)8-2-1-3-10(8)13/h4-6,8,10H,1-3H2. The Kier molecular flexibility index (Phi) is 3.13. The van der Waals surface area contributed by atoms with Gasteiger partial charge < -0.3 is 0 Å². The van der Waals surface area contributed by atoms with Crippen molar-refractivity contribution < 1.29 is 4.39 Å². The average Bonchev–Trinajstić information content (AvgIpc) is 2.56. The summed E-state index contributed by atoms with van der Waals surface area (Å²) in [5, 5.41) is 0.0961. The lowest BCUT2D eigenvalue weighted by Gasteiger charge is -2.15. The van der Waals surface area contributed by atoms with Crippen LogP contribution in [-0.4, -0.2) is 5.38 Å². The van der Waals surface area contributed by atoms with E-state index in [4.69, 9.17) is 11.6 Å². The molecule has 0 aromatic heterocycles. The highest BCUT2D eigenvalue weighted by Crippen LogP contribution is 2.39. The first-order chi connectivity index (χ1) is 6.68.